The summed E-state index contributed by atoms with van der Waals surface area (Å²) < 4.78 is 5.90. The van der Waals surface area contributed by atoms with E-state index in [1.54, 1.807) is 0 Å². The normalized spacial score (nSPS) is 18.4. The van der Waals surface area contributed by atoms with E-state index in [0.717, 1.165) is 43.1 Å². The molecule has 0 spiro atoms. The second kappa shape index (κ2) is 6.03. The van der Waals surface area contributed by atoms with Gasteiger partial charge in [-0.25, -0.2) is 0 Å². The van der Waals surface area contributed by atoms with E-state index in [-0.39, 0.29) is 0 Å². The fourth-order valence-electron chi connectivity index (χ4n) is 2.58. The first-order valence-corrected chi connectivity index (χ1v) is 7.72. The van der Waals surface area contributed by atoms with Crippen molar-refractivity contribution in [1.29, 1.82) is 0 Å². The van der Waals surface area contributed by atoms with Gasteiger partial charge in [0.25, 0.3) is 0 Å². The molecule has 2 saturated carbocycles. The summed E-state index contributed by atoms with van der Waals surface area (Å²) in [5, 5.41) is 3.54. The quantitative estimate of drug-likeness (QED) is 0.738. The zero-order chi connectivity index (χ0) is 13.9. The molecule has 3 heteroatoms. The smallest absolute Gasteiger partial charge is 0.118 e. The van der Waals surface area contributed by atoms with E-state index in [1.165, 1.54) is 31.2 Å². The molecule has 0 aromatic carbocycles. The monoisotopic (exact) mass is 272 g/mol. The third kappa shape index (κ3) is 3.88. The summed E-state index contributed by atoms with van der Waals surface area (Å²) in [6.45, 7) is 5.65. The molecule has 1 N–H and O–H groups in total. The Balaban J connectivity index is 1.56. The van der Waals surface area contributed by atoms with Crippen molar-refractivity contribution in [2.24, 2.45) is 5.92 Å². The Morgan fingerprint density at radius 1 is 1.40 bits per heavy atom. The van der Waals surface area contributed by atoms with Crippen molar-refractivity contribution in [2.45, 2.75) is 51.7 Å². The van der Waals surface area contributed by atoms with E-state index in [2.05, 4.69) is 29.1 Å². The average Bonchev–Trinajstić information content (AvgIpc) is 3.30. The van der Waals surface area contributed by atoms with Crippen LogP contribution < -0.4 is 5.32 Å². The van der Waals surface area contributed by atoms with Gasteiger partial charge in [0.1, 0.15) is 11.5 Å². The summed E-state index contributed by atoms with van der Waals surface area (Å²) in [7, 11) is 0. The highest BCUT2D eigenvalue weighted by Gasteiger charge is 2.25. The molecule has 0 atom stereocenters. The molecule has 108 valence electrons. The lowest BCUT2D eigenvalue weighted by molar-refractivity contribution is 0.260. The molecule has 2 aliphatic carbocycles. The lowest BCUT2D eigenvalue weighted by Crippen LogP contribution is -2.25. The number of aryl methyl sites for hydroxylation is 1. The third-order valence-electron chi connectivity index (χ3n) is 4.14. The zero-order valence-electron chi connectivity index (χ0n) is 12.3. The van der Waals surface area contributed by atoms with Crippen molar-refractivity contribution in [3.8, 4) is 12.3 Å². The molecule has 0 radical (unpaired) electrons. The minimum atomic E-state index is 0.714. The van der Waals surface area contributed by atoms with Gasteiger partial charge in [-0.2, -0.15) is 0 Å². The van der Waals surface area contributed by atoms with Gasteiger partial charge >= 0.3 is 0 Å². The fourth-order valence-corrected chi connectivity index (χ4v) is 2.58. The van der Waals surface area contributed by atoms with Crippen LogP contribution in [0.3, 0.4) is 0 Å². The number of nitrogens with zero attached hydrogens (tertiary/aromatic N) is 1. The van der Waals surface area contributed by atoms with Gasteiger partial charge in [-0.15, -0.1) is 6.42 Å². The first kappa shape index (κ1) is 13.7. The van der Waals surface area contributed by atoms with Gasteiger partial charge in [-0.3, -0.25) is 4.90 Å². The molecular weight excluding hydrogens is 248 g/mol. The van der Waals surface area contributed by atoms with Crippen LogP contribution in [0.25, 0.3) is 0 Å². The van der Waals surface area contributed by atoms with Gasteiger partial charge in [0, 0.05) is 24.7 Å². The van der Waals surface area contributed by atoms with Gasteiger partial charge in [0.2, 0.25) is 0 Å². The van der Waals surface area contributed by atoms with Gasteiger partial charge in [0.15, 0.2) is 0 Å². The van der Waals surface area contributed by atoms with Gasteiger partial charge in [-0.05, 0) is 44.6 Å². The lowest BCUT2D eigenvalue weighted by Gasteiger charge is -2.17. The highest BCUT2D eigenvalue weighted by molar-refractivity contribution is 5.21. The average molecular weight is 272 g/mol. The van der Waals surface area contributed by atoms with Crippen LogP contribution >= 0.6 is 0 Å². The van der Waals surface area contributed by atoms with Crippen molar-refractivity contribution in [2.75, 3.05) is 13.1 Å². The minimum absolute atomic E-state index is 0.714. The van der Waals surface area contributed by atoms with E-state index in [9.17, 15) is 0 Å². The number of hydrogen-bond donors (Lipinski definition) is 1. The number of furan rings is 1. The standard InChI is InChI=1S/C17H24N2O/c1-3-8-19(11-14-4-5-14)12-17-9-15(13(2)20-17)10-18-16-6-7-16/h1,9,14,16,18H,4-8,10-12H2,2H3. The Hall–Kier alpha value is -1.24. The number of hydrogen-bond acceptors (Lipinski definition) is 3. The number of terminal acetylenes is 1. The second-order valence-electron chi connectivity index (χ2n) is 6.27. The Labute approximate surface area is 121 Å². The van der Waals surface area contributed by atoms with Crippen LogP contribution in [0.2, 0.25) is 0 Å². The van der Waals surface area contributed by atoms with Gasteiger partial charge in [-0.1, -0.05) is 5.92 Å². The predicted molar refractivity (Wildman–Crippen MR) is 80.1 cm³/mol. The maximum atomic E-state index is 5.90. The largest absolute Gasteiger partial charge is 0.465 e. The van der Waals surface area contributed by atoms with Crippen LogP contribution in [0.1, 0.15) is 42.8 Å². The van der Waals surface area contributed by atoms with Crippen LogP contribution in [-0.2, 0) is 13.1 Å². The highest BCUT2D eigenvalue weighted by Crippen LogP contribution is 2.30. The maximum absolute atomic E-state index is 5.90. The molecule has 0 saturated heterocycles. The second-order valence-corrected chi connectivity index (χ2v) is 6.27. The van der Waals surface area contributed by atoms with E-state index < -0.39 is 0 Å². The van der Waals surface area contributed by atoms with Crippen molar-refractivity contribution in [3.63, 3.8) is 0 Å². The molecule has 3 rings (SSSR count). The molecule has 20 heavy (non-hydrogen) atoms. The fraction of sp³-hybridized carbons (Fsp3) is 0.647. The summed E-state index contributed by atoms with van der Waals surface area (Å²) in [5.41, 5.74) is 1.29. The Kier molecular flexibility index (Phi) is 4.14. The van der Waals surface area contributed by atoms with E-state index in [0.29, 0.717) is 6.54 Å². The highest BCUT2D eigenvalue weighted by atomic mass is 16.3. The Bertz CT molecular complexity index is 492. The Morgan fingerprint density at radius 2 is 2.20 bits per heavy atom. The third-order valence-corrected chi connectivity index (χ3v) is 4.14. The topological polar surface area (TPSA) is 28.4 Å². The molecule has 3 nitrogen and oxygen atoms in total. The molecule has 2 fully saturated rings. The van der Waals surface area contributed by atoms with Crippen LogP contribution in [0.4, 0.5) is 0 Å². The van der Waals surface area contributed by atoms with Crippen molar-refractivity contribution >= 4 is 0 Å². The molecular formula is C17H24N2O. The van der Waals surface area contributed by atoms with Crippen molar-refractivity contribution in [3.05, 3.63) is 23.2 Å². The summed E-state index contributed by atoms with van der Waals surface area (Å²) in [6.07, 6.45) is 10.8. The summed E-state index contributed by atoms with van der Waals surface area (Å²) >= 11 is 0. The SMILES string of the molecule is C#CCN(Cc1cc(CNC2CC2)c(C)o1)CC1CC1. The summed E-state index contributed by atoms with van der Waals surface area (Å²) in [5.74, 6) is 5.71. The van der Waals surface area contributed by atoms with Crippen LogP contribution in [0.5, 0.6) is 0 Å². The molecule has 0 amide bonds. The first-order chi connectivity index (χ1) is 9.74. The molecule has 0 aliphatic heterocycles. The van der Waals surface area contributed by atoms with Gasteiger partial charge in [0.05, 0.1) is 13.1 Å². The molecule has 1 aromatic heterocycles. The Morgan fingerprint density at radius 3 is 2.85 bits per heavy atom. The lowest BCUT2D eigenvalue weighted by atomic mass is 10.2. The number of nitrogens with one attached hydrogen (secondary N) is 1. The van der Waals surface area contributed by atoms with E-state index in [1.807, 2.05) is 0 Å². The van der Waals surface area contributed by atoms with Crippen LogP contribution in [-0.4, -0.2) is 24.0 Å². The van der Waals surface area contributed by atoms with Crippen molar-refractivity contribution < 1.29 is 4.42 Å². The summed E-state index contributed by atoms with van der Waals surface area (Å²) in [6, 6.07) is 2.93. The maximum Gasteiger partial charge on any atom is 0.118 e. The zero-order valence-corrected chi connectivity index (χ0v) is 12.3. The van der Waals surface area contributed by atoms with Gasteiger partial charge < -0.3 is 9.73 Å². The number of rotatable bonds is 8. The summed E-state index contributed by atoms with van der Waals surface area (Å²) in [4.78, 5) is 2.33. The molecule has 1 aromatic rings. The van der Waals surface area contributed by atoms with Crippen molar-refractivity contribution in [1.82, 2.24) is 10.2 Å². The van der Waals surface area contributed by atoms with E-state index >= 15 is 0 Å². The first-order valence-electron chi connectivity index (χ1n) is 7.72. The predicted octanol–water partition coefficient (Wildman–Crippen LogP) is 2.69. The minimum Gasteiger partial charge on any atom is -0.465 e. The molecule has 0 unspecified atom stereocenters. The molecule has 1 heterocycles. The molecule has 2 aliphatic rings. The van der Waals surface area contributed by atoms with Crippen LogP contribution in [0, 0.1) is 25.2 Å². The van der Waals surface area contributed by atoms with Crippen LogP contribution in [0.15, 0.2) is 10.5 Å². The molecule has 0 bridgehead atoms. The van der Waals surface area contributed by atoms with E-state index in [4.69, 9.17) is 10.8 Å².